The normalized spacial score (nSPS) is 11.0. The molecule has 6 heteroatoms. The number of benzene rings is 1. The van der Waals surface area contributed by atoms with E-state index in [9.17, 15) is 9.90 Å². The Morgan fingerprint density at radius 2 is 2.19 bits per heavy atom. The summed E-state index contributed by atoms with van der Waals surface area (Å²) in [7, 11) is 1.84. The first-order valence-electron chi connectivity index (χ1n) is 6.54. The second-order valence-electron chi connectivity index (χ2n) is 4.86. The number of aromatic nitrogens is 2. The number of nitrogens with zero attached hydrogens (tertiary/aromatic N) is 2. The van der Waals surface area contributed by atoms with Crippen LogP contribution in [0, 0.1) is 6.92 Å². The molecule has 1 aromatic carbocycles. The smallest absolute Gasteiger partial charge is 0.339 e. The van der Waals surface area contributed by atoms with Crippen LogP contribution in [0.1, 0.15) is 21.8 Å². The molecule has 108 valence electrons. The van der Waals surface area contributed by atoms with Crippen LogP contribution in [0.3, 0.4) is 0 Å². The first kappa shape index (κ1) is 13.2. The molecule has 0 amide bonds. The molecular weight excluding hydrogens is 270 g/mol. The molecule has 0 saturated heterocycles. The summed E-state index contributed by atoms with van der Waals surface area (Å²) in [5, 5.41) is 17.4. The SMILES string of the molecule is Cc1nn(C)cc1NCc1oc2ccccc2c1C(=O)O. The number of nitrogens with one attached hydrogen (secondary N) is 1. The Hall–Kier alpha value is -2.76. The van der Waals surface area contributed by atoms with E-state index >= 15 is 0 Å². The van der Waals surface area contributed by atoms with Crippen molar-refractivity contribution >= 4 is 22.6 Å². The second kappa shape index (κ2) is 4.97. The lowest BCUT2D eigenvalue weighted by molar-refractivity contribution is 0.0696. The fourth-order valence-corrected chi connectivity index (χ4v) is 2.40. The van der Waals surface area contributed by atoms with Crippen LogP contribution in [0.2, 0.25) is 0 Å². The van der Waals surface area contributed by atoms with E-state index in [1.807, 2.05) is 26.2 Å². The van der Waals surface area contributed by atoms with Crippen LogP contribution in [0.4, 0.5) is 5.69 Å². The molecule has 2 aromatic heterocycles. The Labute approximate surface area is 121 Å². The van der Waals surface area contributed by atoms with Gasteiger partial charge in [0.2, 0.25) is 0 Å². The molecule has 3 rings (SSSR count). The summed E-state index contributed by atoms with van der Waals surface area (Å²) < 4.78 is 7.36. The molecule has 2 N–H and O–H groups in total. The number of hydrogen-bond acceptors (Lipinski definition) is 4. The van der Waals surface area contributed by atoms with Crippen LogP contribution in [-0.4, -0.2) is 20.9 Å². The summed E-state index contributed by atoms with van der Waals surface area (Å²) in [5.74, 6) is -0.577. The molecule has 0 saturated carbocycles. The summed E-state index contributed by atoms with van der Waals surface area (Å²) in [4.78, 5) is 11.5. The van der Waals surface area contributed by atoms with Gasteiger partial charge in [0.1, 0.15) is 16.9 Å². The molecule has 6 nitrogen and oxygen atoms in total. The number of hydrogen-bond donors (Lipinski definition) is 2. The van der Waals surface area contributed by atoms with Crippen molar-refractivity contribution in [2.75, 3.05) is 5.32 Å². The summed E-state index contributed by atoms with van der Waals surface area (Å²) >= 11 is 0. The maximum absolute atomic E-state index is 11.5. The van der Waals surface area contributed by atoms with Gasteiger partial charge in [0.15, 0.2) is 0 Å². The predicted octanol–water partition coefficient (Wildman–Crippen LogP) is 2.79. The number of anilines is 1. The molecular formula is C15H15N3O3. The monoisotopic (exact) mass is 285 g/mol. The van der Waals surface area contributed by atoms with Crippen LogP contribution in [0.15, 0.2) is 34.9 Å². The fraction of sp³-hybridized carbons (Fsp3) is 0.200. The van der Waals surface area contributed by atoms with Crippen LogP contribution in [-0.2, 0) is 13.6 Å². The Kier molecular flexibility index (Phi) is 3.13. The number of aromatic carboxylic acids is 1. The molecule has 0 atom stereocenters. The van der Waals surface area contributed by atoms with E-state index in [0.717, 1.165) is 11.4 Å². The summed E-state index contributed by atoms with van der Waals surface area (Å²) in [5.41, 5.74) is 2.49. The van der Waals surface area contributed by atoms with E-state index in [0.29, 0.717) is 23.3 Å². The van der Waals surface area contributed by atoms with Gasteiger partial charge in [-0.05, 0) is 13.0 Å². The van der Waals surface area contributed by atoms with Gasteiger partial charge in [0, 0.05) is 18.6 Å². The van der Waals surface area contributed by atoms with E-state index in [1.165, 1.54) is 0 Å². The van der Waals surface area contributed by atoms with Gasteiger partial charge >= 0.3 is 5.97 Å². The molecule has 0 aliphatic rings. The van der Waals surface area contributed by atoms with Gasteiger partial charge in [0.25, 0.3) is 0 Å². The van der Waals surface area contributed by atoms with Crippen molar-refractivity contribution in [3.8, 4) is 0 Å². The lowest BCUT2D eigenvalue weighted by atomic mass is 10.1. The number of rotatable bonds is 4. The number of carboxylic acids is 1. The Balaban J connectivity index is 1.95. The highest BCUT2D eigenvalue weighted by molar-refractivity contribution is 6.03. The third-order valence-electron chi connectivity index (χ3n) is 3.34. The summed E-state index contributed by atoms with van der Waals surface area (Å²) in [6.07, 6.45) is 1.85. The minimum Gasteiger partial charge on any atom is -0.478 e. The number of furan rings is 1. The van der Waals surface area contributed by atoms with Crippen molar-refractivity contribution in [1.82, 2.24) is 9.78 Å². The Bertz CT molecular complexity index is 817. The predicted molar refractivity (Wildman–Crippen MR) is 78.4 cm³/mol. The lowest BCUT2D eigenvalue weighted by Gasteiger charge is -2.03. The zero-order valence-corrected chi connectivity index (χ0v) is 11.8. The van der Waals surface area contributed by atoms with Gasteiger partial charge in [-0.2, -0.15) is 5.10 Å². The van der Waals surface area contributed by atoms with E-state index in [-0.39, 0.29) is 5.56 Å². The van der Waals surface area contributed by atoms with Crippen molar-refractivity contribution < 1.29 is 14.3 Å². The first-order valence-corrected chi connectivity index (χ1v) is 6.54. The number of carbonyl (C=O) groups is 1. The molecule has 0 radical (unpaired) electrons. The first-order chi connectivity index (χ1) is 10.1. The van der Waals surface area contributed by atoms with Crippen molar-refractivity contribution in [3.63, 3.8) is 0 Å². The molecule has 0 unspecified atom stereocenters. The molecule has 0 fully saturated rings. The topological polar surface area (TPSA) is 80.3 Å². The van der Waals surface area contributed by atoms with Gasteiger partial charge in [-0.1, -0.05) is 18.2 Å². The van der Waals surface area contributed by atoms with Crippen molar-refractivity contribution in [2.24, 2.45) is 7.05 Å². The van der Waals surface area contributed by atoms with Crippen LogP contribution in [0.25, 0.3) is 11.0 Å². The third-order valence-corrected chi connectivity index (χ3v) is 3.34. The van der Waals surface area contributed by atoms with E-state index < -0.39 is 5.97 Å². The molecule has 0 aliphatic carbocycles. The summed E-state index contributed by atoms with van der Waals surface area (Å²) in [6, 6.07) is 7.13. The zero-order valence-electron chi connectivity index (χ0n) is 11.8. The van der Waals surface area contributed by atoms with Gasteiger partial charge in [0.05, 0.1) is 17.9 Å². The highest BCUT2D eigenvalue weighted by atomic mass is 16.4. The zero-order chi connectivity index (χ0) is 15.0. The number of carboxylic acid groups (broad SMARTS) is 1. The molecule has 21 heavy (non-hydrogen) atoms. The minimum absolute atomic E-state index is 0.208. The van der Waals surface area contributed by atoms with Gasteiger partial charge in [-0.15, -0.1) is 0 Å². The van der Waals surface area contributed by atoms with Crippen molar-refractivity contribution in [3.05, 3.63) is 47.5 Å². The van der Waals surface area contributed by atoms with E-state index in [1.54, 1.807) is 22.9 Å². The van der Waals surface area contributed by atoms with Crippen molar-refractivity contribution in [1.29, 1.82) is 0 Å². The minimum atomic E-state index is -0.986. The third kappa shape index (κ3) is 2.35. The van der Waals surface area contributed by atoms with Crippen LogP contribution in [0.5, 0.6) is 0 Å². The Morgan fingerprint density at radius 1 is 1.43 bits per heavy atom. The fourth-order valence-electron chi connectivity index (χ4n) is 2.40. The van der Waals surface area contributed by atoms with E-state index in [4.69, 9.17) is 4.42 Å². The van der Waals surface area contributed by atoms with E-state index in [2.05, 4.69) is 10.4 Å². The van der Waals surface area contributed by atoms with Gasteiger partial charge < -0.3 is 14.8 Å². The quantitative estimate of drug-likeness (QED) is 0.770. The summed E-state index contributed by atoms with van der Waals surface area (Å²) in [6.45, 7) is 2.18. The molecule has 3 aromatic rings. The highest BCUT2D eigenvalue weighted by Crippen LogP contribution is 2.26. The Morgan fingerprint density at radius 3 is 2.86 bits per heavy atom. The number of fused-ring (bicyclic) bond motifs is 1. The number of para-hydroxylation sites is 1. The maximum atomic E-state index is 11.5. The van der Waals surface area contributed by atoms with Crippen molar-refractivity contribution in [2.45, 2.75) is 13.5 Å². The van der Waals surface area contributed by atoms with Crippen LogP contribution < -0.4 is 5.32 Å². The highest BCUT2D eigenvalue weighted by Gasteiger charge is 2.19. The number of aryl methyl sites for hydroxylation is 2. The molecule has 0 bridgehead atoms. The average Bonchev–Trinajstić information content (AvgIpc) is 2.95. The average molecular weight is 285 g/mol. The van der Waals surface area contributed by atoms with Gasteiger partial charge in [-0.3, -0.25) is 4.68 Å². The molecule has 0 aliphatic heterocycles. The van der Waals surface area contributed by atoms with Gasteiger partial charge in [-0.25, -0.2) is 4.79 Å². The lowest BCUT2D eigenvalue weighted by Crippen LogP contribution is -2.05. The van der Waals surface area contributed by atoms with Crippen LogP contribution >= 0.6 is 0 Å². The second-order valence-corrected chi connectivity index (χ2v) is 4.86. The molecule has 0 spiro atoms. The molecule has 2 heterocycles. The standard InChI is InChI=1S/C15H15N3O3/c1-9-11(8-18(2)17-9)16-7-13-14(15(19)20)10-5-3-4-6-12(10)21-13/h3-6,8,16H,7H2,1-2H3,(H,19,20). The maximum Gasteiger partial charge on any atom is 0.339 e. The largest absolute Gasteiger partial charge is 0.478 e.